The molecule has 4 nitrogen and oxygen atoms in total. The summed E-state index contributed by atoms with van der Waals surface area (Å²) in [7, 11) is 0. The Hall–Kier alpha value is -1.46. The Balaban J connectivity index is 2.02. The Morgan fingerprint density at radius 1 is 1.42 bits per heavy atom. The fourth-order valence-electron chi connectivity index (χ4n) is 3.49. The molecular formula is C19H30FN3O. The zero-order valence-electron chi connectivity index (χ0n) is 15.3. The number of amides is 1. The first-order chi connectivity index (χ1) is 11.2. The second kappa shape index (κ2) is 7.62. The maximum Gasteiger partial charge on any atom is 0.237 e. The number of nitrogens with two attached hydrogens (primary N) is 1. The van der Waals surface area contributed by atoms with Gasteiger partial charge in [0.1, 0.15) is 5.82 Å². The van der Waals surface area contributed by atoms with Crippen LogP contribution in [0.1, 0.15) is 45.7 Å². The van der Waals surface area contributed by atoms with Gasteiger partial charge in [-0.2, -0.15) is 0 Å². The number of likely N-dealkylation sites (tertiary alicyclic amines) is 1. The molecule has 0 radical (unpaired) electrons. The lowest BCUT2D eigenvalue weighted by Crippen LogP contribution is -2.54. The van der Waals surface area contributed by atoms with Crippen LogP contribution in [0.2, 0.25) is 0 Å². The van der Waals surface area contributed by atoms with Gasteiger partial charge in [-0.3, -0.25) is 9.69 Å². The Morgan fingerprint density at radius 3 is 2.58 bits per heavy atom. The van der Waals surface area contributed by atoms with Crippen LogP contribution in [0, 0.1) is 11.2 Å². The van der Waals surface area contributed by atoms with Gasteiger partial charge in [0, 0.05) is 25.7 Å². The quantitative estimate of drug-likeness (QED) is 0.900. The molecule has 0 bridgehead atoms. The van der Waals surface area contributed by atoms with Gasteiger partial charge in [0.15, 0.2) is 0 Å². The van der Waals surface area contributed by atoms with Crippen molar-refractivity contribution in [2.24, 2.45) is 11.1 Å². The SMILES string of the molecule is CCN(C(=O)CN1CCC(N)C(C)(C)C1)C(C)c1ccc(F)cc1. The lowest BCUT2D eigenvalue weighted by atomic mass is 9.80. The number of benzene rings is 1. The normalized spacial score (nSPS) is 22.2. The largest absolute Gasteiger partial charge is 0.335 e. The van der Waals surface area contributed by atoms with Gasteiger partial charge in [-0.1, -0.05) is 26.0 Å². The van der Waals surface area contributed by atoms with Gasteiger partial charge >= 0.3 is 0 Å². The summed E-state index contributed by atoms with van der Waals surface area (Å²) in [4.78, 5) is 16.9. The molecule has 134 valence electrons. The van der Waals surface area contributed by atoms with Crippen LogP contribution in [0.15, 0.2) is 24.3 Å². The Kier molecular flexibility index (Phi) is 5.99. The van der Waals surface area contributed by atoms with Crippen molar-refractivity contribution in [3.05, 3.63) is 35.6 Å². The molecule has 1 heterocycles. The van der Waals surface area contributed by atoms with E-state index in [0.29, 0.717) is 13.1 Å². The van der Waals surface area contributed by atoms with Crippen LogP contribution >= 0.6 is 0 Å². The van der Waals surface area contributed by atoms with Crippen molar-refractivity contribution in [2.45, 2.75) is 46.2 Å². The molecule has 1 aromatic carbocycles. The molecule has 1 saturated heterocycles. The predicted octanol–water partition coefficient (Wildman–Crippen LogP) is 2.79. The van der Waals surface area contributed by atoms with E-state index in [1.165, 1.54) is 12.1 Å². The van der Waals surface area contributed by atoms with Crippen LogP contribution in [0.5, 0.6) is 0 Å². The maximum absolute atomic E-state index is 13.1. The van der Waals surface area contributed by atoms with Crippen molar-refractivity contribution in [1.82, 2.24) is 9.80 Å². The highest BCUT2D eigenvalue weighted by Crippen LogP contribution is 2.28. The summed E-state index contributed by atoms with van der Waals surface area (Å²) in [6.07, 6.45) is 0.917. The number of rotatable bonds is 5. The third-order valence-corrected chi connectivity index (χ3v) is 5.23. The lowest BCUT2D eigenvalue weighted by molar-refractivity contribution is -0.135. The standard InChI is InChI=1S/C19H30FN3O/c1-5-23(14(2)15-6-8-16(20)9-7-15)18(24)12-22-11-10-17(21)19(3,4)13-22/h6-9,14,17H,5,10-13,21H2,1-4H3. The van der Waals surface area contributed by atoms with E-state index in [0.717, 1.165) is 25.1 Å². The van der Waals surface area contributed by atoms with E-state index in [-0.39, 0.29) is 29.2 Å². The Morgan fingerprint density at radius 2 is 2.04 bits per heavy atom. The predicted molar refractivity (Wildman–Crippen MR) is 95.0 cm³/mol. The maximum atomic E-state index is 13.1. The number of hydrogen-bond acceptors (Lipinski definition) is 3. The van der Waals surface area contributed by atoms with Crippen molar-refractivity contribution in [3.8, 4) is 0 Å². The Bertz CT molecular complexity index is 558. The summed E-state index contributed by atoms with van der Waals surface area (Å²) < 4.78 is 13.1. The van der Waals surface area contributed by atoms with Gasteiger partial charge < -0.3 is 10.6 Å². The number of carbonyl (C=O) groups excluding carboxylic acids is 1. The van der Waals surface area contributed by atoms with Gasteiger partial charge in [-0.25, -0.2) is 4.39 Å². The zero-order chi connectivity index (χ0) is 17.9. The summed E-state index contributed by atoms with van der Waals surface area (Å²) in [6.45, 7) is 11.0. The highest BCUT2D eigenvalue weighted by molar-refractivity contribution is 5.78. The number of piperidine rings is 1. The van der Waals surface area contributed by atoms with E-state index in [2.05, 4.69) is 18.7 Å². The van der Waals surface area contributed by atoms with Gasteiger partial charge in [-0.15, -0.1) is 0 Å². The zero-order valence-corrected chi connectivity index (χ0v) is 15.3. The molecule has 1 amide bonds. The van der Waals surface area contributed by atoms with E-state index in [9.17, 15) is 9.18 Å². The highest BCUT2D eigenvalue weighted by Gasteiger charge is 2.34. The van der Waals surface area contributed by atoms with Gasteiger partial charge in [-0.05, 0) is 43.4 Å². The molecule has 0 aliphatic carbocycles. The average molecular weight is 335 g/mol. The third-order valence-electron chi connectivity index (χ3n) is 5.23. The summed E-state index contributed by atoms with van der Waals surface area (Å²) >= 11 is 0. The molecule has 0 saturated carbocycles. The minimum absolute atomic E-state index is 0.0259. The van der Waals surface area contributed by atoms with E-state index in [1.54, 1.807) is 12.1 Å². The molecule has 2 N–H and O–H groups in total. The molecule has 2 rings (SSSR count). The van der Waals surface area contributed by atoms with E-state index >= 15 is 0 Å². The number of nitrogens with zero attached hydrogens (tertiary/aromatic N) is 2. The van der Waals surface area contributed by atoms with Crippen LogP contribution in [0.3, 0.4) is 0 Å². The van der Waals surface area contributed by atoms with Gasteiger partial charge in [0.2, 0.25) is 5.91 Å². The summed E-state index contributed by atoms with van der Waals surface area (Å²) in [6, 6.07) is 6.50. The molecule has 24 heavy (non-hydrogen) atoms. The first-order valence-corrected chi connectivity index (χ1v) is 8.77. The topological polar surface area (TPSA) is 49.6 Å². The molecule has 1 aliphatic rings. The van der Waals surface area contributed by atoms with Crippen molar-refractivity contribution in [2.75, 3.05) is 26.2 Å². The summed E-state index contributed by atoms with van der Waals surface area (Å²) in [5.41, 5.74) is 7.15. The lowest BCUT2D eigenvalue weighted by Gasteiger charge is -2.43. The first-order valence-electron chi connectivity index (χ1n) is 8.77. The molecule has 2 atom stereocenters. The molecule has 1 aromatic rings. The molecule has 2 unspecified atom stereocenters. The second-order valence-corrected chi connectivity index (χ2v) is 7.50. The first kappa shape index (κ1) is 18.9. The highest BCUT2D eigenvalue weighted by atomic mass is 19.1. The van der Waals surface area contributed by atoms with E-state index in [4.69, 9.17) is 5.73 Å². The van der Waals surface area contributed by atoms with Crippen LogP contribution < -0.4 is 5.73 Å². The monoisotopic (exact) mass is 335 g/mol. The van der Waals surface area contributed by atoms with E-state index in [1.807, 2.05) is 18.7 Å². The molecule has 0 aromatic heterocycles. The average Bonchev–Trinajstić information content (AvgIpc) is 2.52. The smallest absolute Gasteiger partial charge is 0.237 e. The van der Waals surface area contributed by atoms with Gasteiger partial charge in [0.25, 0.3) is 0 Å². The number of carbonyl (C=O) groups is 1. The molecule has 0 spiro atoms. The van der Waals surface area contributed by atoms with Crippen LogP contribution in [-0.4, -0.2) is 47.9 Å². The third kappa shape index (κ3) is 4.33. The van der Waals surface area contributed by atoms with Crippen molar-refractivity contribution < 1.29 is 9.18 Å². The fraction of sp³-hybridized carbons (Fsp3) is 0.632. The Labute approximate surface area is 144 Å². The molecule has 1 fully saturated rings. The van der Waals surface area contributed by atoms with Gasteiger partial charge in [0.05, 0.1) is 12.6 Å². The van der Waals surface area contributed by atoms with Crippen LogP contribution in [-0.2, 0) is 4.79 Å². The van der Waals surface area contributed by atoms with Crippen molar-refractivity contribution in [3.63, 3.8) is 0 Å². The molecule has 1 aliphatic heterocycles. The fourth-order valence-corrected chi connectivity index (χ4v) is 3.49. The molecule has 5 heteroatoms. The number of likely N-dealkylation sites (N-methyl/N-ethyl adjacent to an activating group) is 1. The minimum atomic E-state index is -0.257. The summed E-state index contributed by atoms with van der Waals surface area (Å²) in [5.74, 6) is -0.146. The second-order valence-electron chi connectivity index (χ2n) is 7.50. The number of halogens is 1. The number of hydrogen-bond donors (Lipinski definition) is 1. The molecular weight excluding hydrogens is 305 g/mol. The summed E-state index contributed by atoms with van der Waals surface area (Å²) in [5, 5.41) is 0. The van der Waals surface area contributed by atoms with Crippen LogP contribution in [0.25, 0.3) is 0 Å². The van der Waals surface area contributed by atoms with Crippen molar-refractivity contribution >= 4 is 5.91 Å². The van der Waals surface area contributed by atoms with Crippen LogP contribution in [0.4, 0.5) is 4.39 Å². The van der Waals surface area contributed by atoms with Crippen molar-refractivity contribution in [1.29, 1.82) is 0 Å². The van der Waals surface area contributed by atoms with E-state index < -0.39 is 0 Å². The minimum Gasteiger partial charge on any atom is -0.335 e.